The maximum atomic E-state index is 12.1. The first-order valence-electron chi connectivity index (χ1n) is 9.34. The topological polar surface area (TPSA) is 102 Å². The van der Waals surface area contributed by atoms with Crippen LogP contribution in [0.3, 0.4) is 0 Å². The van der Waals surface area contributed by atoms with Crippen molar-refractivity contribution >= 4 is 29.6 Å². The van der Waals surface area contributed by atoms with E-state index in [0.717, 1.165) is 32.1 Å². The summed E-state index contributed by atoms with van der Waals surface area (Å²) in [5.41, 5.74) is 0.610. The zero-order valence-corrected chi connectivity index (χ0v) is 15.4. The number of amides is 3. The summed E-state index contributed by atoms with van der Waals surface area (Å²) in [6.07, 6.45) is 8.15. The first-order valence-corrected chi connectivity index (χ1v) is 9.34. The minimum atomic E-state index is -0.819. The quantitative estimate of drug-likeness (QED) is 0.629. The molecular formula is C20H22N2O6. The van der Waals surface area contributed by atoms with Crippen LogP contribution in [0.1, 0.15) is 55.3 Å². The number of rotatable bonds is 4. The number of nitrogens with zero attached hydrogens (tertiary/aromatic N) is 1. The predicted molar refractivity (Wildman–Crippen MR) is 99.1 cm³/mol. The monoisotopic (exact) mass is 386 g/mol. The first-order chi connectivity index (χ1) is 13.5. The van der Waals surface area contributed by atoms with Gasteiger partial charge in [-0.1, -0.05) is 12.2 Å². The van der Waals surface area contributed by atoms with Gasteiger partial charge >= 0.3 is 12.1 Å². The van der Waals surface area contributed by atoms with Gasteiger partial charge in [0.2, 0.25) is 0 Å². The summed E-state index contributed by atoms with van der Waals surface area (Å²) in [6.45, 7) is 0. The van der Waals surface area contributed by atoms with Crippen molar-refractivity contribution in [2.75, 3.05) is 5.32 Å². The van der Waals surface area contributed by atoms with Gasteiger partial charge in [-0.05, 0) is 56.4 Å². The number of benzene rings is 1. The van der Waals surface area contributed by atoms with Gasteiger partial charge in [0.05, 0.1) is 5.56 Å². The van der Waals surface area contributed by atoms with Crippen molar-refractivity contribution in [1.82, 2.24) is 5.06 Å². The average Bonchev–Trinajstić information content (AvgIpc) is 2.96. The second-order valence-electron chi connectivity index (χ2n) is 6.67. The molecule has 1 aliphatic heterocycles. The van der Waals surface area contributed by atoms with E-state index < -0.39 is 23.9 Å². The van der Waals surface area contributed by atoms with Gasteiger partial charge < -0.3 is 9.57 Å². The van der Waals surface area contributed by atoms with E-state index in [4.69, 9.17) is 9.57 Å². The SMILES string of the molecule is O=C(Nc1ccc(C(=O)ON2C(=O)CCC2=O)cc1)OC1CC/C=C\CCC1. The van der Waals surface area contributed by atoms with E-state index in [0.29, 0.717) is 10.8 Å². The molecule has 8 nitrogen and oxygen atoms in total. The second-order valence-corrected chi connectivity index (χ2v) is 6.67. The Kier molecular flexibility index (Phi) is 6.41. The normalized spacial score (nSPS) is 20.9. The maximum absolute atomic E-state index is 12.1. The molecule has 1 unspecified atom stereocenters. The van der Waals surface area contributed by atoms with Gasteiger partial charge in [-0.3, -0.25) is 14.9 Å². The molecule has 0 radical (unpaired) electrons. The van der Waals surface area contributed by atoms with E-state index in [1.807, 2.05) is 0 Å². The fourth-order valence-electron chi connectivity index (χ4n) is 3.03. The van der Waals surface area contributed by atoms with Crippen LogP contribution in [-0.2, 0) is 19.2 Å². The Morgan fingerprint density at radius 3 is 2.36 bits per heavy atom. The number of hydrogen-bond acceptors (Lipinski definition) is 6. The van der Waals surface area contributed by atoms with Gasteiger partial charge in [0, 0.05) is 18.5 Å². The molecule has 1 N–H and O–H groups in total. The van der Waals surface area contributed by atoms with Crippen LogP contribution >= 0.6 is 0 Å². The van der Waals surface area contributed by atoms with E-state index >= 15 is 0 Å². The molecule has 3 rings (SSSR count). The fraction of sp³-hybridized carbons (Fsp3) is 0.400. The lowest BCUT2D eigenvalue weighted by atomic mass is 10.0. The molecule has 1 heterocycles. The molecule has 1 aromatic rings. The highest BCUT2D eigenvalue weighted by Crippen LogP contribution is 2.18. The molecule has 1 saturated heterocycles. The Labute approximate surface area is 162 Å². The van der Waals surface area contributed by atoms with Crippen molar-refractivity contribution in [3.05, 3.63) is 42.0 Å². The number of hydroxylamine groups is 2. The zero-order chi connectivity index (χ0) is 19.9. The van der Waals surface area contributed by atoms with Crippen molar-refractivity contribution in [2.45, 2.75) is 51.0 Å². The third-order valence-electron chi connectivity index (χ3n) is 4.54. The van der Waals surface area contributed by atoms with Crippen molar-refractivity contribution in [2.24, 2.45) is 0 Å². The molecule has 1 atom stereocenters. The van der Waals surface area contributed by atoms with Gasteiger partial charge in [0.25, 0.3) is 11.8 Å². The highest BCUT2D eigenvalue weighted by Gasteiger charge is 2.33. The van der Waals surface area contributed by atoms with Crippen LogP contribution in [0.2, 0.25) is 0 Å². The molecule has 2 aliphatic rings. The summed E-state index contributed by atoms with van der Waals surface area (Å²) >= 11 is 0. The molecule has 0 spiro atoms. The largest absolute Gasteiger partial charge is 0.446 e. The highest BCUT2D eigenvalue weighted by atomic mass is 16.7. The van der Waals surface area contributed by atoms with E-state index in [9.17, 15) is 19.2 Å². The van der Waals surface area contributed by atoms with Crippen molar-refractivity contribution < 1.29 is 28.8 Å². The predicted octanol–water partition coefficient (Wildman–Crippen LogP) is 3.34. The summed E-state index contributed by atoms with van der Waals surface area (Å²) in [5, 5.41) is 3.12. The molecule has 3 amide bonds. The molecule has 0 saturated carbocycles. The molecule has 1 aliphatic carbocycles. The Morgan fingerprint density at radius 1 is 0.964 bits per heavy atom. The van der Waals surface area contributed by atoms with Crippen LogP contribution in [0.25, 0.3) is 0 Å². The Bertz CT molecular complexity index is 770. The summed E-state index contributed by atoms with van der Waals surface area (Å²) < 4.78 is 5.46. The van der Waals surface area contributed by atoms with Gasteiger partial charge in [0.1, 0.15) is 6.10 Å². The standard InChI is InChI=1S/C20H22N2O6/c23-17-12-13-18(24)22(17)28-19(25)14-8-10-15(11-9-14)21-20(26)27-16-6-4-2-1-3-5-7-16/h1-2,8-11,16H,3-7,12-13H2,(H,21,26)/b2-1-. The Hall–Kier alpha value is -3.16. The fourth-order valence-corrected chi connectivity index (χ4v) is 3.03. The van der Waals surface area contributed by atoms with E-state index in [-0.39, 0.29) is 24.5 Å². The number of anilines is 1. The highest BCUT2D eigenvalue weighted by molar-refractivity contribution is 6.02. The minimum Gasteiger partial charge on any atom is -0.446 e. The number of carbonyl (C=O) groups excluding carboxylic acids is 4. The average molecular weight is 386 g/mol. The van der Waals surface area contributed by atoms with Crippen LogP contribution in [0.4, 0.5) is 10.5 Å². The third kappa shape index (κ3) is 5.18. The molecule has 28 heavy (non-hydrogen) atoms. The lowest BCUT2D eigenvalue weighted by Gasteiger charge is -2.18. The van der Waals surface area contributed by atoms with Crippen molar-refractivity contribution in [3.63, 3.8) is 0 Å². The van der Waals surface area contributed by atoms with Gasteiger partial charge in [-0.2, -0.15) is 0 Å². The number of hydrogen-bond donors (Lipinski definition) is 1. The smallest absolute Gasteiger partial charge is 0.411 e. The van der Waals surface area contributed by atoms with Gasteiger partial charge in [0.15, 0.2) is 0 Å². The lowest BCUT2D eigenvalue weighted by Crippen LogP contribution is -2.32. The zero-order valence-electron chi connectivity index (χ0n) is 15.4. The summed E-state index contributed by atoms with van der Waals surface area (Å²) in [5.74, 6) is -1.89. The van der Waals surface area contributed by atoms with E-state index in [1.54, 1.807) is 0 Å². The molecule has 148 valence electrons. The molecular weight excluding hydrogens is 364 g/mol. The van der Waals surface area contributed by atoms with Crippen LogP contribution in [-0.4, -0.2) is 35.0 Å². The van der Waals surface area contributed by atoms with E-state index in [1.165, 1.54) is 24.3 Å². The van der Waals surface area contributed by atoms with Crippen LogP contribution < -0.4 is 5.32 Å². The van der Waals surface area contributed by atoms with Gasteiger partial charge in [-0.25, -0.2) is 9.59 Å². The summed E-state index contributed by atoms with van der Waals surface area (Å²) in [4.78, 5) is 52.0. The van der Waals surface area contributed by atoms with Gasteiger partial charge in [-0.15, -0.1) is 5.06 Å². The summed E-state index contributed by atoms with van der Waals surface area (Å²) in [6, 6.07) is 5.91. The third-order valence-corrected chi connectivity index (χ3v) is 4.54. The second kappa shape index (κ2) is 9.16. The Morgan fingerprint density at radius 2 is 1.64 bits per heavy atom. The number of carbonyl (C=O) groups is 4. The minimum absolute atomic E-state index is 0.0361. The van der Waals surface area contributed by atoms with E-state index in [2.05, 4.69) is 17.5 Å². The first kappa shape index (κ1) is 19.6. The number of nitrogens with one attached hydrogen (secondary N) is 1. The molecule has 1 aromatic carbocycles. The molecule has 8 heteroatoms. The summed E-state index contributed by atoms with van der Waals surface area (Å²) in [7, 11) is 0. The van der Waals surface area contributed by atoms with Crippen LogP contribution in [0.15, 0.2) is 36.4 Å². The maximum Gasteiger partial charge on any atom is 0.411 e. The number of imide groups is 1. The number of allylic oxidation sites excluding steroid dienone is 2. The molecule has 0 aromatic heterocycles. The molecule has 0 bridgehead atoms. The number of ether oxygens (including phenoxy) is 1. The lowest BCUT2D eigenvalue weighted by molar-refractivity contribution is -0.172. The van der Waals surface area contributed by atoms with Crippen molar-refractivity contribution in [1.29, 1.82) is 0 Å². The van der Waals surface area contributed by atoms with Crippen molar-refractivity contribution in [3.8, 4) is 0 Å². The van der Waals surface area contributed by atoms with Crippen LogP contribution in [0.5, 0.6) is 0 Å². The van der Waals surface area contributed by atoms with Crippen LogP contribution in [0, 0.1) is 0 Å². The molecule has 1 fully saturated rings. The Balaban J connectivity index is 1.51.